The first-order valence-corrected chi connectivity index (χ1v) is 3.12. The lowest BCUT2D eigenvalue weighted by atomic mass is 10.1. The van der Waals surface area contributed by atoms with Gasteiger partial charge >= 0.3 is 7.04 Å². The highest BCUT2D eigenvalue weighted by Crippen LogP contribution is 2.16. The van der Waals surface area contributed by atoms with E-state index in [9.17, 15) is 13.4 Å². The molecule has 0 radical (unpaired) electrons. The number of hydrogen-bond acceptors (Lipinski definition) is 4. The summed E-state index contributed by atoms with van der Waals surface area (Å²) in [6.45, 7) is 1.23. The molecule has 0 amide bonds. The van der Waals surface area contributed by atoms with Crippen LogP contribution in [0, 0.1) is 0 Å². The highest BCUT2D eigenvalue weighted by atomic mass is 19.3. The van der Waals surface area contributed by atoms with Crippen LogP contribution in [0.3, 0.4) is 0 Å². The van der Waals surface area contributed by atoms with Crippen molar-refractivity contribution in [3.8, 4) is 0 Å². The summed E-state index contributed by atoms with van der Waals surface area (Å²) >= 11 is 0. The van der Waals surface area contributed by atoms with E-state index in [-0.39, 0.29) is 0 Å². The molecule has 0 spiro atoms. The molecule has 1 aliphatic rings. The Balaban J connectivity index is 2.67. The molecule has 0 aromatic carbocycles. The Morgan fingerprint density at radius 1 is 1.82 bits per heavy atom. The Kier molecular flexibility index (Phi) is 1.85. The Morgan fingerprint density at radius 2 is 2.36 bits per heavy atom. The van der Waals surface area contributed by atoms with Crippen molar-refractivity contribution in [2.45, 2.75) is 19.1 Å². The maximum absolute atomic E-state index is 12.2. The van der Waals surface area contributed by atoms with Crippen LogP contribution in [0.25, 0.3) is 0 Å². The van der Waals surface area contributed by atoms with Gasteiger partial charge in [0.25, 0.3) is 5.97 Å². The number of hydrogen-bond donors (Lipinski definition) is 2. The molecule has 1 saturated heterocycles. The van der Waals surface area contributed by atoms with Gasteiger partial charge in [0.1, 0.15) is 0 Å². The lowest BCUT2D eigenvalue weighted by Gasteiger charge is -2.15. The van der Waals surface area contributed by atoms with E-state index in [0.29, 0.717) is 0 Å². The van der Waals surface area contributed by atoms with Crippen molar-refractivity contribution in [2.24, 2.45) is 0 Å². The molecule has 0 bridgehead atoms. The molecule has 0 aromatic heterocycles. The summed E-state index contributed by atoms with van der Waals surface area (Å²) in [4.78, 5) is 10.5. The summed E-state index contributed by atoms with van der Waals surface area (Å²) in [5.74, 6) is -1.11. The van der Waals surface area contributed by atoms with Gasteiger partial charge in [-0.05, 0) is 6.92 Å². The number of aliphatic hydroxyl groups excluding tert-OH is 1. The van der Waals surface area contributed by atoms with Crippen LogP contribution >= 0.6 is 0 Å². The molecule has 0 aliphatic carbocycles. The molecule has 2 atom stereocenters. The predicted molar refractivity (Wildman–Crippen MR) is 32.7 cm³/mol. The van der Waals surface area contributed by atoms with Crippen molar-refractivity contribution in [2.75, 3.05) is 0 Å². The molecule has 0 saturated carbocycles. The molecule has 1 aliphatic heterocycles. The molecule has 1 rings (SSSR count). The van der Waals surface area contributed by atoms with Gasteiger partial charge < -0.3 is 23.6 Å². The van der Waals surface area contributed by atoms with E-state index in [1.165, 1.54) is 6.92 Å². The molecule has 64 valence electrons. The standard InChI is InChI=1S/C4H7BF2NO3/c1-2(9)3-4(10)11-5(6,7)8-3/h2-3,8-9H,1H3/q-1/t2-,3+/m1/s1. The molecule has 0 unspecified atom stereocenters. The quantitative estimate of drug-likeness (QED) is 0.503. The Morgan fingerprint density at radius 3 is 2.55 bits per heavy atom. The first-order chi connectivity index (χ1) is 4.92. The van der Waals surface area contributed by atoms with Crippen molar-refractivity contribution < 1.29 is 23.2 Å². The maximum Gasteiger partial charge on any atom is 0.592 e. The van der Waals surface area contributed by atoms with Crippen LogP contribution in [0.1, 0.15) is 6.92 Å². The first kappa shape index (κ1) is 8.41. The summed E-state index contributed by atoms with van der Waals surface area (Å²) in [5, 5.41) is 10.4. The monoisotopic (exact) mass is 166 g/mol. The molecule has 0 aromatic rings. The van der Waals surface area contributed by atoms with E-state index in [0.717, 1.165) is 0 Å². The fourth-order valence-corrected chi connectivity index (χ4v) is 0.866. The number of aliphatic hydroxyl groups is 1. The van der Waals surface area contributed by atoms with Crippen LogP contribution in [0.15, 0.2) is 0 Å². The highest BCUT2D eigenvalue weighted by Gasteiger charge is 2.44. The van der Waals surface area contributed by atoms with E-state index in [1.54, 1.807) is 5.23 Å². The second-order valence-corrected chi connectivity index (χ2v) is 2.42. The second-order valence-electron chi connectivity index (χ2n) is 2.42. The summed E-state index contributed by atoms with van der Waals surface area (Å²) in [7, 11) is -4.25. The predicted octanol–water partition coefficient (Wildman–Crippen LogP) is -0.743. The van der Waals surface area contributed by atoms with E-state index in [4.69, 9.17) is 5.11 Å². The third-order valence-corrected chi connectivity index (χ3v) is 1.37. The average molecular weight is 166 g/mol. The van der Waals surface area contributed by atoms with Crippen molar-refractivity contribution in [3.05, 3.63) is 0 Å². The van der Waals surface area contributed by atoms with E-state index in [1.807, 2.05) is 0 Å². The lowest BCUT2D eigenvalue weighted by molar-refractivity contribution is -0.137. The third-order valence-electron chi connectivity index (χ3n) is 1.37. The lowest BCUT2D eigenvalue weighted by Crippen LogP contribution is -2.46. The van der Waals surface area contributed by atoms with E-state index >= 15 is 0 Å². The van der Waals surface area contributed by atoms with Crippen LogP contribution in [0.5, 0.6) is 0 Å². The second kappa shape index (κ2) is 2.42. The number of rotatable bonds is 1. The van der Waals surface area contributed by atoms with Crippen LogP contribution < -0.4 is 5.23 Å². The zero-order valence-corrected chi connectivity index (χ0v) is 5.75. The number of nitrogens with one attached hydrogen (secondary N) is 1. The van der Waals surface area contributed by atoms with Gasteiger partial charge in [-0.3, -0.25) is 4.79 Å². The van der Waals surface area contributed by atoms with Gasteiger partial charge in [-0.25, -0.2) is 0 Å². The Hall–Kier alpha value is -0.685. The summed E-state index contributed by atoms with van der Waals surface area (Å²) < 4.78 is 28.0. The van der Waals surface area contributed by atoms with Gasteiger partial charge in [0, 0.05) is 0 Å². The van der Waals surface area contributed by atoms with Gasteiger partial charge in [0.05, 0.1) is 12.1 Å². The first-order valence-electron chi connectivity index (χ1n) is 3.12. The Bertz CT molecular complexity index is 186. The third kappa shape index (κ3) is 1.66. The van der Waals surface area contributed by atoms with Crippen molar-refractivity contribution >= 4 is 13.0 Å². The molecule has 4 nitrogen and oxygen atoms in total. The van der Waals surface area contributed by atoms with Gasteiger partial charge in [-0.2, -0.15) is 0 Å². The largest absolute Gasteiger partial charge is 0.622 e. The molecule has 2 N–H and O–H groups in total. The zero-order valence-electron chi connectivity index (χ0n) is 5.75. The van der Waals surface area contributed by atoms with Crippen LogP contribution in [-0.2, 0) is 9.45 Å². The molecule has 7 heteroatoms. The van der Waals surface area contributed by atoms with Gasteiger partial charge in [0.15, 0.2) is 0 Å². The van der Waals surface area contributed by atoms with Crippen LogP contribution in [0.2, 0.25) is 0 Å². The fraction of sp³-hybridized carbons (Fsp3) is 0.750. The maximum atomic E-state index is 12.2. The minimum Gasteiger partial charge on any atom is -0.622 e. The average Bonchev–Trinajstić information content (AvgIpc) is 2.05. The molecule has 1 fully saturated rings. The zero-order chi connectivity index (χ0) is 8.65. The van der Waals surface area contributed by atoms with Gasteiger partial charge in [-0.15, -0.1) is 0 Å². The van der Waals surface area contributed by atoms with Crippen LogP contribution in [-0.4, -0.2) is 30.3 Å². The molecule has 1 heterocycles. The molecule has 11 heavy (non-hydrogen) atoms. The summed E-state index contributed by atoms with van der Waals surface area (Å²) in [5.41, 5.74) is 0. The normalized spacial score (nSPS) is 31.6. The Labute approximate surface area is 61.6 Å². The fourth-order valence-electron chi connectivity index (χ4n) is 0.866. The number of carbonyl (C=O) groups is 1. The minimum atomic E-state index is -4.25. The van der Waals surface area contributed by atoms with Gasteiger partial charge in [0.2, 0.25) is 0 Å². The van der Waals surface area contributed by atoms with E-state index < -0.39 is 25.2 Å². The van der Waals surface area contributed by atoms with Crippen molar-refractivity contribution in [1.29, 1.82) is 0 Å². The van der Waals surface area contributed by atoms with E-state index in [2.05, 4.69) is 4.65 Å². The summed E-state index contributed by atoms with van der Waals surface area (Å²) in [6.07, 6.45) is -1.17. The van der Waals surface area contributed by atoms with Crippen molar-refractivity contribution in [3.63, 3.8) is 0 Å². The molecular weight excluding hydrogens is 159 g/mol. The minimum absolute atomic E-state index is 1.11. The SMILES string of the molecule is C[C@@H](O)[C@@H]1N[B-](F)(F)OC1=O. The molecular formula is C4H7BF2NO3-. The van der Waals surface area contributed by atoms with Crippen molar-refractivity contribution in [1.82, 2.24) is 5.23 Å². The number of halogens is 2. The summed E-state index contributed by atoms with van der Waals surface area (Å²) in [6, 6.07) is -1.30. The smallest absolute Gasteiger partial charge is 0.592 e. The topological polar surface area (TPSA) is 58.6 Å². The van der Waals surface area contributed by atoms with Crippen LogP contribution in [0.4, 0.5) is 8.63 Å². The number of carbonyl (C=O) groups excluding carboxylic acids is 1. The highest BCUT2D eigenvalue weighted by molar-refractivity contribution is 6.60. The van der Waals surface area contributed by atoms with Gasteiger partial charge in [-0.1, -0.05) is 0 Å².